The van der Waals surface area contributed by atoms with Crippen molar-refractivity contribution in [3.05, 3.63) is 36.0 Å². The predicted molar refractivity (Wildman–Crippen MR) is 68.6 cm³/mol. The summed E-state index contributed by atoms with van der Waals surface area (Å²) in [6.45, 7) is 0. The van der Waals surface area contributed by atoms with Crippen molar-refractivity contribution in [2.24, 2.45) is 5.73 Å². The van der Waals surface area contributed by atoms with Crippen molar-refractivity contribution >= 4 is 0 Å². The molecule has 1 aromatic carbocycles. The Morgan fingerprint density at radius 1 is 1.21 bits per heavy atom. The maximum atomic E-state index is 13.2. The molecule has 1 saturated carbocycles. The van der Waals surface area contributed by atoms with Crippen molar-refractivity contribution in [3.63, 3.8) is 0 Å². The van der Waals surface area contributed by atoms with Gasteiger partial charge in [0.1, 0.15) is 5.82 Å². The summed E-state index contributed by atoms with van der Waals surface area (Å²) >= 11 is 0. The van der Waals surface area contributed by atoms with E-state index in [1.165, 1.54) is 18.6 Å². The van der Waals surface area contributed by atoms with E-state index in [2.05, 4.69) is 10.1 Å². The average molecular weight is 261 g/mol. The Balaban J connectivity index is 1.91. The summed E-state index contributed by atoms with van der Waals surface area (Å²) in [7, 11) is 0. The van der Waals surface area contributed by atoms with E-state index in [1.807, 2.05) is 0 Å². The van der Waals surface area contributed by atoms with Gasteiger partial charge in [-0.1, -0.05) is 36.6 Å². The molecule has 3 rings (SSSR count). The molecule has 0 atom stereocenters. The summed E-state index contributed by atoms with van der Waals surface area (Å²) in [6.07, 6.45) is 5.07. The molecule has 19 heavy (non-hydrogen) atoms. The van der Waals surface area contributed by atoms with Gasteiger partial charge in [-0.2, -0.15) is 4.98 Å². The zero-order valence-corrected chi connectivity index (χ0v) is 10.6. The van der Waals surface area contributed by atoms with Crippen molar-refractivity contribution in [1.29, 1.82) is 0 Å². The summed E-state index contributed by atoms with van der Waals surface area (Å²) in [5, 5.41) is 3.92. The van der Waals surface area contributed by atoms with Crippen molar-refractivity contribution < 1.29 is 8.91 Å². The molecule has 2 aromatic rings. The molecule has 100 valence electrons. The van der Waals surface area contributed by atoms with Crippen LogP contribution in [0.3, 0.4) is 0 Å². The number of aromatic nitrogens is 2. The molecule has 1 aliphatic rings. The maximum Gasteiger partial charge on any atom is 0.247 e. The van der Waals surface area contributed by atoms with Crippen molar-refractivity contribution in [2.45, 2.75) is 37.6 Å². The van der Waals surface area contributed by atoms with E-state index in [1.54, 1.807) is 12.1 Å². The number of halogens is 1. The smallest absolute Gasteiger partial charge is 0.247 e. The highest BCUT2D eigenvalue weighted by Crippen LogP contribution is 2.34. The molecule has 0 unspecified atom stereocenters. The van der Waals surface area contributed by atoms with E-state index in [0.29, 0.717) is 17.3 Å². The standard InChI is InChI=1S/C14H16FN3O/c15-11-6-4-5-10(9-11)12-17-13(19-18-12)14(16)7-2-1-3-8-14/h4-6,9H,1-3,7-8,16H2. The van der Waals surface area contributed by atoms with Crippen molar-refractivity contribution in [1.82, 2.24) is 10.1 Å². The number of rotatable bonds is 2. The lowest BCUT2D eigenvalue weighted by Gasteiger charge is -2.29. The SMILES string of the molecule is NC1(c2nc(-c3cccc(F)c3)no2)CCCCC1. The first kappa shape index (κ1) is 12.3. The molecule has 0 saturated heterocycles. The second-order valence-electron chi connectivity index (χ2n) is 5.15. The monoisotopic (exact) mass is 261 g/mol. The van der Waals surface area contributed by atoms with Crippen LogP contribution >= 0.6 is 0 Å². The second-order valence-corrected chi connectivity index (χ2v) is 5.15. The minimum Gasteiger partial charge on any atom is -0.337 e. The third-order valence-electron chi connectivity index (χ3n) is 3.68. The Morgan fingerprint density at radius 2 is 2.00 bits per heavy atom. The summed E-state index contributed by atoms with van der Waals surface area (Å²) in [5.74, 6) is 0.542. The van der Waals surface area contributed by atoms with E-state index >= 15 is 0 Å². The number of nitrogens with two attached hydrogens (primary N) is 1. The molecule has 4 nitrogen and oxygen atoms in total. The van der Waals surface area contributed by atoms with Crippen LogP contribution in [0.4, 0.5) is 4.39 Å². The Hall–Kier alpha value is -1.75. The van der Waals surface area contributed by atoms with Gasteiger partial charge in [0.05, 0.1) is 5.54 Å². The minimum atomic E-state index is -0.517. The molecule has 0 amide bonds. The molecule has 0 aliphatic heterocycles. The van der Waals surface area contributed by atoms with Gasteiger partial charge in [0.25, 0.3) is 0 Å². The van der Waals surface area contributed by atoms with Gasteiger partial charge in [-0.25, -0.2) is 4.39 Å². The average Bonchev–Trinajstić information content (AvgIpc) is 2.90. The lowest BCUT2D eigenvalue weighted by Crippen LogP contribution is -2.38. The van der Waals surface area contributed by atoms with Crippen LogP contribution in [0.1, 0.15) is 38.0 Å². The third-order valence-corrected chi connectivity index (χ3v) is 3.68. The predicted octanol–water partition coefficient (Wildman–Crippen LogP) is 2.99. The van der Waals surface area contributed by atoms with E-state index in [9.17, 15) is 4.39 Å². The van der Waals surface area contributed by atoms with E-state index in [0.717, 1.165) is 25.7 Å². The van der Waals surface area contributed by atoms with Crippen LogP contribution in [-0.4, -0.2) is 10.1 Å². The molecule has 2 N–H and O–H groups in total. The highest BCUT2D eigenvalue weighted by molar-refractivity contribution is 5.54. The van der Waals surface area contributed by atoms with Crippen LogP contribution in [0.5, 0.6) is 0 Å². The molecule has 1 aliphatic carbocycles. The quantitative estimate of drug-likeness (QED) is 0.902. The third kappa shape index (κ3) is 2.38. The zero-order chi connectivity index (χ0) is 13.3. The van der Waals surface area contributed by atoms with E-state index < -0.39 is 5.54 Å². The Labute approximate surface area is 110 Å². The fourth-order valence-electron chi connectivity index (χ4n) is 2.57. The molecule has 5 heteroatoms. The fraction of sp³-hybridized carbons (Fsp3) is 0.429. The zero-order valence-electron chi connectivity index (χ0n) is 10.6. The summed E-state index contributed by atoms with van der Waals surface area (Å²) < 4.78 is 18.5. The highest BCUT2D eigenvalue weighted by atomic mass is 19.1. The molecule has 0 spiro atoms. The molecular weight excluding hydrogens is 245 g/mol. The van der Waals surface area contributed by atoms with Gasteiger partial charge in [0, 0.05) is 5.56 Å². The normalized spacial score (nSPS) is 18.4. The Morgan fingerprint density at radius 3 is 2.74 bits per heavy atom. The van der Waals surface area contributed by atoms with Crippen LogP contribution in [-0.2, 0) is 5.54 Å². The highest BCUT2D eigenvalue weighted by Gasteiger charge is 2.35. The van der Waals surface area contributed by atoms with Crippen LogP contribution in [0.25, 0.3) is 11.4 Å². The van der Waals surface area contributed by atoms with Gasteiger partial charge in [0.15, 0.2) is 0 Å². The number of hydrogen-bond acceptors (Lipinski definition) is 4. The first-order valence-electron chi connectivity index (χ1n) is 6.56. The van der Waals surface area contributed by atoms with Gasteiger partial charge in [-0.15, -0.1) is 0 Å². The van der Waals surface area contributed by atoms with Crippen LogP contribution in [0.15, 0.2) is 28.8 Å². The Kier molecular flexibility index (Phi) is 3.06. The molecular formula is C14H16FN3O. The lowest BCUT2D eigenvalue weighted by atomic mass is 9.82. The topological polar surface area (TPSA) is 64.9 Å². The number of nitrogens with zero attached hydrogens (tertiary/aromatic N) is 2. The lowest BCUT2D eigenvalue weighted by molar-refractivity contribution is 0.220. The van der Waals surface area contributed by atoms with Gasteiger partial charge < -0.3 is 10.3 Å². The maximum absolute atomic E-state index is 13.2. The molecule has 0 radical (unpaired) electrons. The van der Waals surface area contributed by atoms with E-state index in [-0.39, 0.29) is 5.82 Å². The van der Waals surface area contributed by atoms with Gasteiger partial charge in [-0.3, -0.25) is 0 Å². The van der Waals surface area contributed by atoms with Crippen LogP contribution in [0.2, 0.25) is 0 Å². The first-order valence-corrected chi connectivity index (χ1v) is 6.56. The van der Waals surface area contributed by atoms with Crippen LogP contribution in [0, 0.1) is 5.82 Å². The van der Waals surface area contributed by atoms with Crippen LogP contribution < -0.4 is 5.73 Å². The van der Waals surface area contributed by atoms with Crippen molar-refractivity contribution in [2.75, 3.05) is 0 Å². The van der Waals surface area contributed by atoms with Crippen molar-refractivity contribution in [3.8, 4) is 11.4 Å². The molecule has 1 aromatic heterocycles. The molecule has 1 fully saturated rings. The minimum absolute atomic E-state index is 0.316. The number of hydrogen-bond donors (Lipinski definition) is 1. The van der Waals surface area contributed by atoms with E-state index in [4.69, 9.17) is 10.3 Å². The summed E-state index contributed by atoms with van der Waals surface area (Å²) in [4.78, 5) is 4.35. The fourth-order valence-corrected chi connectivity index (χ4v) is 2.57. The van der Waals surface area contributed by atoms with Gasteiger partial charge in [-0.05, 0) is 25.0 Å². The second kappa shape index (κ2) is 4.74. The summed E-state index contributed by atoms with van der Waals surface area (Å²) in [5.41, 5.74) is 6.42. The molecule has 1 heterocycles. The van der Waals surface area contributed by atoms with Gasteiger partial charge >= 0.3 is 0 Å². The first-order chi connectivity index (χ1) is 9.17. The molecule has 0 bridgehead atoms. The van der Waals surface area contributed by atoms with Gasteiger partial charge in [0.2, 0.25) is 11.7 Å². The number of benzene rings is 1. The largest absolute Gasteiger partial charge is 0.337 e. The summed E-state index contributed by atoms with van der Waals surface area (Å²) in [6, 6.07) is 6.15. The Bertz CT molecular complexity index is 576.